The second kappa shape index (κ2) is 7.48. The lowest BCUT2D eigenvalue weighted by atomic mass is 9.62. The van der Waals surface area contributed by atoms with Crippen LogP contribution in [0.4, 0.5) is 0 Å². The lowest BCUT2D eigenvalue weighted by Crippen LogP contribution is -2.81. The summed E-state index contributed by atoms with van der Waals surface area (Å²) in [6.07, 6.45) is -5.34. The Morgan fingerprint density at radius 1 is 0.800 bits per heavy atom. The third kappa shape index (κ3) is 3.23. The molecule has 0 saturated carbocycles. The maximum absolute atomic E-state index is 12.0. The number of Topliss-reactive ketones (excluding diaryl/α,β-unsaturated/α-hetero) is 4. The highest BCUT2D eigenvalue weighted by atomic mass is 79.9. The molecule has 0 heterocycles. The van der Waals surface area contributed by atoms with Crippen LogP contribution in [-0.2, 0) is 24.0 Å². The summed E-state index contributed by atoms with van der Waals surface area (Å²) in [5, 5.41) is 51.5. The quantitative estimate of drug-likeness (QED) is 0.190. The fourth-order valence-corrected chi connectivity index (χ4v) is 3.03. The van der Waals surface area contributed by atoms with Crippen LogP contribution in [0.1, 0.15) is 27.7 Å². The monoisotopic (exact) mass is 426 g/mol. The molecule has 0 rings (SSSR count). The zero-order valence-electron chi connectivity index (χ0n) is 13.8. The summed E-state index contributed by atoms with van der Waals surface area (Å²) in [5.41, 5.74) is -11.4. The topological polar surface area (TPSA) is 186 Å². The number of carbonyl (C=O) groups excluding carboxylic acids is 5. The number of aliphatic hydroxyl groups is 5. The van der Waals surface area contributed by atoms with E-state index in [0.717, 1.165) is 6.92 Å². The first kappa shape index (κ1) is 23.6. The van der Waals surface area contributed by atoms with Crippen LogP contribution in [-0.4, -0.2) is 82.4 Å². The average Bonchev–Trinajstić information content (AvgIpc) is 2.49. The number of rotatable bonds is 9. The maximum Gasteiger partial charge on any atom is 0.240 e. The Balaban J connectivity index is 7.06. The van der Waals surface area contributed by atoms with Gasteiger partial charge in [0.05, 0.1) is 0 Å². The Morgan fingerprint density at radius 3 is 1.40 bits per heavy atom. The van der Waals surface area contributed by atoms with E-state index in [1.807, 2.05) is 0 Å². The zero-order chi connectivity index (χ0) is 20.5. The Hall–Kier alpha value is -1.37. The molecule has 5 atom stereocenters. The van der Waals surface area contributed by atoms with Crippen molar-refractivity contribution in [2.45, 2.75) is 56.7 Å². The molecule has 0 fully saturated rings. The summed E-state index contributed by atoms with van der Waals surface area (Å²) in [7, 11) is 0. The van der Waals surface area contributed by atoms with Crippen LogP contribution in [0, 0.1) is 0 Å². The number of hydrogen-bond acceptors (Lipinski definition) is 10. The molecule has 1 unspecified atom stereocenters. The fraction of sp³-hybridized carbons (Fsp3) is 0.643. The molecule has 10 nitrogen and oxygen atoms in total. The van der Waals surface area contributed by atoms with Crippen molar-refractivity contribution in [2.75, 3.05) is 0 Å². The number of ketones is 4. The normalized spacial score (nSPS) is 21.0. The second-order valence-corrected chi connectivity index (χ2v) is 6.35. The molecule has 0 aliphatic carbocycles. The minimum Gasteiger partial charge on any atom is -0.386 e. The van der Waals surface area contributed by atoms with E-state index < -0.39 is 56.8 Å². The van der Waals surface area contributed by atoms with Crippen molar-refractivity contribution in [3.63, 3.8) is 0 Å². The fourth-order valence-electron chi connectivity index (χ4n) is 2.46. The van der Waals surface area contributed by atoms with Gasteiger partial charge >= 0.3 is 0 Å². The van der Waals surface area contributed by atoms with E-state index in [1.165, 1.54) is 0 Å². The summed E-state index contributed by atoms with van der Waals surface area (Å²) in [4.78, 5) is 58.9. The predicted molar refractivity (Wildman–Crippen MR) is 83.5 cm³/mol. The molecule has 5 N–H and O–H groups in total. The summed E-state index contributed by atoms with van der Waals surface area (Å²) in [6.45, 7) is 2.39. The van der Waals surface area contributed by atoms with Gasteiger partial charge in [-0.25, -0.2) is 0 Å². The van der Waals surface area contributed by atoms with Gasteiger partial charge in [-0.05, 0) is 43.6 Å². The Bertz CT molecular complexity index is 615. The van der Waals surface area contributed by atoms with Crippen LogP contribution >= 0.6 is 15.9 Å². The van der Waals surface area contributed by atoms with Gasteiger partial charge in [0.15, 0.2) is 28.7 Å². The average molecular weight is 427 g/mol. The highest BCUT2D eigenvalue weighted by Crippen LogP contribution is 2.41. The van der Waals surface area contributed by atoms with E-state index in [4.69, 9.17) is 0 Å². The van der Waals surface area contributed by atoms with Gasteiger partial charge in [-0.3, -0.25) is 24.0 Å². The predicted octanol–water partition coefficient (Wildman–Crippen LogP) is -2.82. The summed E-state index contributed by atoms with van der Waals surface area (Å²) >= 11 is 2.20. The second-order valence-electron chi connectivity index (χ2n) is 5.63. The first-order chi connectivity index (χ1) is 11.0. The molecular formula is C14H19BrO10. The summed E-state index contributed by atoms with van der Waals surface area (Å²) < 4.78 is -1.70. The number of halogens is 1. The molecule has 0 radical (unpaired) electrons. The molecule has 0 aromatic rings. The van der Waals surface area contributed by atoms with Crippen LogP contribution in [0.15, 0.2) is 0 Å². The molecule has 142 valence electrons. The van der Waals surface area contributed by atoms with Crippen molar-refractivity contribution in [1.82, 2.24) is 0 Å². The van der Waals surface area contributed by atoms with Gasteiger partial charge in [-0.15, -0.1) is 0 Å². The molecule has 0 aliphatic rings. The first-order valence-electron chi connectivity index (χ1n) is 6.81. The molecule has 0 aliphatic heterocycles. The van der Waals surface area contributed by atoms with E-state index in [-0.39, 0.29) is 0 Å². The van der Waals surface area contributed by atoms with Crippen molar-refractivity contribution < 1.29 is 49.5 Å². The van der Waals surface area contributed by atoms with Gasteiger partial charge in [0.25, 0.3) is 0 Å². The largest absolute Gasteiger partial charge is 0.386 e. The molecule has 0 spiro atoms. The molecule has 0 saturated heterocycles. The van der Waals surface area contributed by atoms with E-state index in [1.54, 1.807) is 0 Å². The molecule has 0 bridgehead atoms. The smallest absolute Gasteiger partial charge is 0.240 e. The van der Waals surface area contributed by atoms with E-state index in [9.17, 15) is 49.5 Å². The number of aliphatic hydroxyl groups excluding tert-OH is 2. The van der Waals surface area contributed by atoms with Crippen molar-refractivity contribution in [1.29, 1.82) is 0 Å². The van der Waals surface area contributed by atoms with Crippen LogP contribution in [0.3, 0.4) is 0 Å². The highest BCUT2D eigenvalue weighted by Gasteiger charge is 2.75. The van der Waals surface area contributed by atoms with Crippen LogP contribution in [0.5, 0.6) is 0 Å². The third-order valence-electron chi connectivity index (χ3n) is 4.06. The maximum atomic E-state index is 12.0. The van der Waals surface area contributed by atoms with Gasteiger partial charge in [0.1, 0.15) is 12.2 Å². The lowest BCUT2D eigenvalue weighted by Gasteiger charge is -2.49. The minimum atomic E-state index is -3.92. The van der Waals surface area contributed by atoms with Crippen molar-refractivity contribution in [2.24, 2.45) is 0 Å². The van der Waals surface area contributed by atoms with Gasteiger partial charge in [0, 0.05) is 0 Å². The third-order valence-corrected chi connectivity index (χ3v) is 4.63. The van der Waals surface area contributed by atoms with E-state index in [0.29, 0.717) is 20.8 Å². The lowest BCUT2D eigenvalue weighted by molar-refractivity contribution is -0.249. The number of hydrogen-bond donors (Lipinski definition) is 5. The Morgan fingerprint density at radius 2 is 1.20 bits per heavy atom. The van der Waals surface area contributed by atoms with Crippen molar-refractivity contribution in [3.05, 3.63) is 0 Å². The van der Waals surface area contributed by atoms with Crippen LogP contribution in [0.25, 0.3) is 0 Å². The molecule has 0 aromatic carbocycles. The molecule has 11 heteroatoms. The van der Waals surface area contributed by atoms with Gasteiger partial charge in [-0.1, -0.05) is 0 Å². The Labute approximate surface area is 150 Å². The molecule has 25 heavy (non-hydrogen) atoms. The number of carbonyl (C=O) groups is 5. The molecule has 0 aromatic heterocycles. The highest BCUT2D eigenvalue weighted by molar-refractivity contribution is 9.18. The summed E-state index contributed by atoms with van der Waals surface area (Å²) in [5.74, 6) is -6.00. The molecular weight excluding hydrogens is 408 g/mol. The molecule has 0 amide bonds. The first-order valence-corrected chi connectivity index (χ1v) is 7.60. The minimum absolute atomic E-state index is 0.518. The van der Waals surface area contributed by atoms with Gasteiger partial charge in [0.2, 0.25) is 15.9 Å². The zero-order valence-corrected chi connectivity index (χ0v) is 15.4. The Kier molecular flexibility index (Phi) is 7.07. The van der Waals surface area contributed by atoms with E-state index >= 15 is 0 Å². The van der Waals surface area contributed by atoms with Crippen LogP contribution in [0.2, 0.25) is 0 Å². The SMILES string of the molecule is CC(=O)C(O)[C@@H](O)[C@](O)(C(C)=O)[C@@](O)(C(C)=O)[C@@](O)(C(C)=O)C(=O)Br. The van der Waals surface area contributed by atoms with Crippen molar-refractivity contribution >= 4 is 43.8 Å². The standard InChI is InChI=1S/C14H19BrO10/c1-5(16)9(20)10(21)12(23,6(2)17)14(25,8(4)19)13(24,7(3)18)11(15)22/h9-10,20-21,23-25H,1-4H3/t9?,10-,12-,13-,14+/m1/s1. The van der Waals surface area contributed by atoms with Crippen LogP contribution < -0.4 is 0 Å². The van der Waals surface area contributed by atoms with E-state index in [2.05, 4.69) is 15.9 Å². The van der Waals surface area contributed by atoms with Gasteiger partial charge in [-0.2, -0.15) is 0 Å². The van der Waals surface area contributed by atoms with Crippen molar-refractivity contribution in [3.8, 4) is 0 Å². The van der Waals surface area contributed by atoms with Gasteiger partial charge < -0.3 is 25.5 Å². The summed E-state index contributed by atoms with van der Waals surface area (Å²) in [6, 6.07) is 0.